The lowest BCUT2D eigenvalue weighted by molar-refractivity contribution is -0.384. The third-order valence-electron chi connectivity index (χ3n) is 4.88. The molecule has 1 saturated heterocycles. The molecule has 0 bridgehead atoms. The Morgan fingerprint density at radius 3 is 2.54 bits per heavy atom. The van der Waals surface area contributed by atoms with Gasteiger partial charge in [0.05, 0.1) is 16.8 Å². The van der Waals surface area contributed by atoms with E-state index in [0.29, 0.717) is 31.9 Å². The molecule has 0 aliphatic carbocycles. The smallest absolute Gasteiger partial charge is 0.269 e. The number of carbonyl (C=O) groups excluding carboxylic acids is 1. The number of nitro groups is 1. The zero-order valence-electron chi connectivity index (χ0n) is 15.0. The molecule has 1 aromatic carbocycles. The Hall–Kier alpha value is -3.69. The molecular formula is C18H17N5O5. The third kappa shape index (κ3) is 2.98. The molecule has 10 nitrogen and oxygen atoms in total. The molecule has 0 radical (unpaired) electrons. The largest absolute Gasteiger partial charge is 0.442 e. The van der Waals surface area contributed by atoms with E-state index >= 15 is 0 Å². The van der Waals surface area contributed by atoms with Gasteiger partial charge >= 0.3 is 0 Å². The number of nitrogens with zero attached hydrogens (tertiary/aromatic N) is 4. The number of hydrogen-bond donors (Lipinski definition) is 1. The van der Waals surface area contributed by atoms with Crippen LogP contribution in [-0.4, -0.2) is 51.9 Å². The number of aryl methyl sites for hydroxylation is 1. The number of aromatic nitrogens is 2. The molecule has 0 saturated carbocycles. The van der Waals surface area contributed by atoms with Gasteiger partial charge in [0.1, 0.15) is 11.1 Å². The van der Waals surface area contributed by atoms with Gasteiger partial charge in [-0.3, -0.25) is 19.7 Å². The van der Waals surface area contributed by atoms with E-state index in [0.717, 1.165) is 5.69 Å². The molecule has 4 rings (SSSR count). The average Bonchev–Trinajstić information content (AvgIpc) is 3.05. The number of nitro benzene ring substituents is 1. The standard InChI is InChI=1S/C18H17N5O5/c1-11-14(15-16(24)19-10-20-17(15)28-11)18(25)22-8-6-21(7-9-22)12-2-4-13(5-3-12)23(26)27/h2-5,10H,6-9H2,1H3,(H,19,20,24). The van der Waals surface area contributed by atoms with Gasteiger partial charge in [0.2, 0.25) is 5.71 Å². The van der Waals surface area contributed by atoms with Crippen molar-refractivity contribution in [3.63, 3.8) is 0 Å². The summed E-state index contributed by atoms with van der Waals surface area (Å²) in [7, 11) is 0. The zero-order chi connectivity index (χ0) is 19.8. The van der Waals surface area contributed by atoms with Crippen molar-refractivity contribution in [1.29, 1.82) is 0 Å². The van der Waals surface area contributed by atoms with Crippen LogP contribution in [0.2, 0.25) is 0 Å². The first-order chi connectivity index (χ1) is 13.5. The minimum Gasteiger partial charge on any atom is -0.442 e. The van der Waals surface area contributed by atoms with Crippen molar-refractivity contribution in [2.45, 2.75) is 6.92 Å². The number of piperazine rings is 1. The van der Waals surface area contributed by atoms with E-state index in [1.807, 2.05) is 0 Å². The van der Waals surface area contributed by atoms with E-state index in [-0.39, 0.29) is 28.3 Å². The number of nitrogens with one attached hydrogen (secondary N) is 1. The first-order valence-corrected chi connectivity index (χ1v) is 8.71. The molecule has 1 aliphatic heterocycles. The molecule has 1 fully saturated rings. The Morgan fingerprint density at radius 1 is 1.21 bits per heavy atom. The van der Waals surface area contributed by atoms with Crippen LogP contribution in [-0.2, 0) is 0 Å². The second-order valence-electron chi connectivity index (χ2n) is 6.50. The van der Waals surface area contributed by atoms with Crippen LogP contribution < -0.4 is 10.5 Å². The molecule has 0 atom stereocenters. The Labute approximate surface area is 158 Å². The van der Waals surface area contributed by atoms with Crippen LogP contribution in [0.3, 0.4) is 0 Å². The molecule has 1 amide bonds. The molecule has 3 aromatic rings. The first kappa shape index (κ1) is 17.7. The van der Waals surface area contributed by atoms with Crippen LogP contribution in [0, 0.1) is 17.0 Å². The van der Waals surface area contributed by atoms with Crippen LogP contribution in [0.5, 0.6) is 0 Å². The fourth-order valence-electron chi connectivity index (χ4n) is 3.42. The van der Waals surface area contributed by atoms with Crippen molar-refractivity contribution >= 4 is 28.4 Å². The summed E-state index contributed by atoms with van der Waals surface area (Å²) in [6.07, 6.45) is 1.24. The van der Waals surface area contributed by atoms with E-state index in [4.69, 9.17) is 4.42 Å². The van der Waals surface area contributed by atoms with Crippen molar-refractivity contribution in [3.8, 4) is 0 Å². The van der Waals surface area contributed by atoms with E-state index in [1.165, 1.54) is 18.5 Å². The predicted molar refractivity (Wildman–Crippen MR) is 101 cm³/mol. The van der Waals surface area contributed by atoms with Gasteiger partial charge in [-0.2, -0.15) is 0 Å². The number of fused-ring (bicyclic) bond motifs is 1. The SMILES string of the molecule is Cc1oc2nc[nH]c(=O)c2c1C(=O)N1CCN(c2ccc([N+](=O)[O-])cc2)CC1. The Bertz CT molecular complexity index is 1110. The van der Waals surface area contributed by atoms with Gasteiger partial charge in [-0.05, 0) is 19.1 Å². The second-order valence-corrected chi connectivity index (χ2v) is 6.50. The van der Waals surface area contributed by atoms with Crippen LogP contribution in [0.1, 0.15) is 16.1 Å². The van der Waals surface area contributed by atoms with E-state index in [1.54, 1.807) is 24.0 Å². The highest BCUT2D eigenvalue weighted by Crippen LogP contribution is 2.24. The summed E-state index contributed by atoms with van der Waals surface area (Å²) < 4.78 is 5.47. The number of anilines is 1. The fourth-order valence-corrected chi connectivity index (χ4v) is 3.42. The number of rotatable bonds is 3. The second kappa shape index (κ2) is 6.80. The highest BCUT2D eigenvalue weighted by molar-refractivity contribution is 6.06. The molecule has 0 spiro atoms. The molecule has 0 unspecified atom stereocenters. The highest BCUT2D eigenvalue weighted by Gasteiger charge is 2.28. The lowest BCUT2D eigenvalue weighted by atomic mass is 10.1. The minimum absolute atomic E-state index is 0.0405. The molecule has 1 aliphatic rings. The predicted octanol–water partition coefficient (Wildman–Crippen LogP) is 1.70. The maximum Gasteiger partial charge on any atom is 0.269 e. The summed E-state index contributed by atoms with van der Waals surface area (Å²) in [5, 5.41) is 10.9. The summed E-state index contributed by atoms with van der Waals surface area (Å²) in [5.41, 5.74) is 0.888. The number of hydrogen-bond acceptors (Lipinski definition) is 7. The van der Waals surface area contributed by atoms with Gasteiger partial charge in [-0.1, -0.05) is 0 Å². The number of amides is 1. The topological polar surface area (TPSA) is 126 Å². The summed E-state index contributed by atoms with van der Waals surface area (Å²) in [5.74, 6) is 0.0973. The number of non-ortho nitro benzene ring substituents is 1. The van der Waals surface area contributed by atoms with E-state index < -0.39 is 10.5 Å². The van der Waals surface area contributed by atoms with E-state index in [2.05, 4.69) is 14.9 Å². The summed E-state index contributed by atoms with van der Waals surface area (Å²) in [6.45, 7) is 3.71. The number of aromatic amines is 1. The maximum absolute atomic E-state index is 13.0. The van der Waals surface area contributed by atoms with Gasteiger partial charge in [-0.15, -0.1) is 0 Å². The molecule has 1 N–H and O–H groups in total. The summed E-state index contributed by atoms with van der Waals surface area (Å²) >= 11 is 0. The monoisotopic (exact) mass is 383 g/mol. The zero-order valence-corrected chi connectivity index (χ0v) is 15.0. The molecule has 3 heterocycles. The highest BCUT2D eigenvalue weighted by atomic mass is 16.6. The molecular weight excluding hydrogens is 366 g/mol. The van der Waals surface area contributed by atoms with Crippen molar-refractivity contribution < 1.29 is 14.1 Å². The van der Waals surface area contributed by atoms with E-state index in [9.17, 15) is 19.7 Å². The van der Waals surface area contributed by atoms with Gasteiger partial charge in [0, 0.05) is 44.0 Å². The number of H-pyrrole nitrogens is 1. The lowest BCUT2D eigenvalue weighted by Gasteiger charge is -2.36. The van der Waals surface area contributed by atoms with Crippen LogP contribution in [0.4, 0.5) is 11.4 Å². The molecule has 10 heteroatoms. The Kier molecular flexibility index (Phi) is 4.30. The van der Waals surface area contributed by atoms with Gasteiger partial charge in [0.15, 0.2) is 0 Å². The fraction of sp³-hybridized carbons (Fsp3) is 0.278. The van der Waals surface area contributed by atoms with Gasteiger partial charge in [-0.25, -0.2) is 4.98 Å². The number of carbonyl (C=O) groups is 1. The normalized spacial score (nSPS) is 14.5. The van der Waals surface area contributed by atoms with Crippen LogP contribution >= 0.6 is 0 Å². The summed E-state index contributed by atoms with van der Waals surface area (Å²) in [6, 6.07) is 6.34. The minimum atomic E-state index is -0.436. The lowest BCUT2D eigenvalue weighted by Crippen LogP contribution is -2.49. The Morgan fingerprint density at radius 2 is 1.89 bits per heavy atom. The first-order valence-electron chi connectivity index (χ1n) is 8.71. The van der Waals surface area contributed by atoms with Crippen molar-refractivity contribution in [3.05, 3.63) is 62.4 Å². The van der Waals surface area contributed by atoms with Gasteiger partial charge in [0.25, 0.3) is 17.2 Å². The van der Waals surface area contributed by atoms with Crippen molar-refractivity contribution in [1.82, 2.24) is 14.9 Å². The molecule has 144 valence electrons. The van der Waals surface area contributed by atoms with Crippen molar-refractivity contribution in [2.24, 2.45) is 0 Å². The molecule has 28 heavy (non-hydrogen) atoms. The Balaban J connectivity index is 1.51. The maximum atomic E-state index is 13.0. The molecule has 2 aromatic heterocycles. The quantitative estimate of drug-likeness (QED) is 0.539. The number of benzene rings is 1. The average molecular weight is 383 g/mol. The van der Waals surface area contributed by atoms with Gasteiger partial charge < -0.3 is 19.2 Å². The summed E-state index contributed by atoms with van der Waals surface area (Å²) in [4.78, 5) is 45.6. The van der Waals surface area contributed by atoms with Crippen LogP contribution in [0.25, 0.3) is 11.1 Å². The third-order valence-corrected chi connectivity index (χ3v) is 4.88. The van der Waals surface area contributed by atoms with Crippen molar-refractivity contribution in [2.75, 3.05) is 31.1 Å². The van der Waals surface area contributed by atoms with Crippen LogP contribution in [0.15, 0.2) is 39.8 Å². The number of furan rings is 1.